The summed E-state index contributed by atoms with van der Waals surface area (Å²) in [7, 11) is -3.61. The largest absolute Gasteiger partial charge is 0.311 e. The molecule has 27 heavy (non-hydrogen) atoms. The van der Waals surface area contributed by atoms with Gasteiger partial charge >= 0.3 is 0 Å². The molecule has 0 bridgehead atoms. The second-order valence-electron chi connectivity index (χ2n) is 7.08. The Morgan fingerprint density at radius 1 is 1.07 bits per heavy atom. The van der Waals surface area contributed by atoms with Crippen molar-refractivity contribution < 1.29 is 13.2 Å². The molecule has 1 amide bonds. The summed E-state index contributed by atoms with van der Waals surface area (Å²) in [6.07, 6.45) is 0. The first-order valence-corrected chi connectivity index (χ1v) is 10.5. The van der Waals surface area contributed by atoms with Crippen LogP contribution in [0.1, 0.15) is 43.4 Å². The molecule has 2 aromatic rings. The summed E-state index contributed by atoms with van der Waals surface area (Å²) in [6, 6.07) is 12.7. The molecule has 0 spiro atoms. The van der Waals surface area contributed by atoms with E-state index < -0.39 is 10.0 Å². The van der Waals surface area contributed by atoms with Gasteiger partial charge in [0.2, 0.25) is 15.9 Å². The first kappa shape index (κ1) is 21.1. The van der Waals surface area contributed by atoms with Gasteiger partial charge in [-0.1, -0.05) is 43.7 Å². The molecule has 0 aromatic heterocycles. The van der Waals surface area contributed by atoms with Crippen molar-refractivity contribution in [1.82, 2.24) is 4.72 Å². The number of rotatable bonds is 7. The highest BCUT2D eigenvalue weighted by molar-refractivity contribution is 7.89. The zero-order chi connectivity index (χ0) is 20.2. The van der Waals surface area contributed by atoms with Gasteiger partial charge < -0.3 is 4.90 Å². The van der Waals surface area contributed by atoms with Crippen LogP contribution in [-0.2, 0) is 14.8 Å². The van der Waals surface area contributed by atoms with Crippen LogP contribution >= 0.6 is 0 Å². The van der Waals surface area contributed by atoms with Crippen LogP contribution in [0.2, 0.25) is 0 Å². The maximum absolute atomic E-state index is 12.5. The monoisotopic (exact) mass is 388 g/mol. The van der Waals surface area contributed by atoms with Gasteiger partial charge in [-0.05, 0) is 49.1 Å². The molecule has 2 aromatic carbocycles. The number of anilines is 1. The van der Waals surface area contributed by atoms with Gasteiger partial charge in [-0.2, -0.15) is 0 Å². The van der Waals surface area contributed by atoms with E-state index in [1.165, 1.54) is 6.92 Å². The number of nitrogens with zero attached hydrogens (tertiary/aromatic N) is 1. The highest BCUT2D eigenvalue weighted by Gasteiger charge is 2.17. The van der Waals surface area contributed by atoms with Gasteiger partial charge in [-0.25, -0.2) is 13.1 Å². The summed E-state index contributed by atoms with van der Waals surface area (Å²) in [6.45, 7) is 9.95. The van der Waals surface area contributed by atoms with Crippen LogP contribution in [0.3, 0.4) is 0 Å². The fraction of sp³-hybridized carbons (Fsp3) is 0.381. The van der Waals surface area contributed by atoms with Crippen molar-refractivity contribution in [3.63, 3.8) is 0 Å². The zero-order valence-electron chi connectivity index (χ0n) is 16.6. The van der Waals surface area contributed by atoms with Gasteiger partial charge in [-0.15, -0.1) is 0 Å². The molecule has 0 atom stereocenters. The number of nitrogens with one attached hydrogen (secondary N) is 1. The second kappa shape index (κ2) is 8.67. The number of hydrogen-bond donors (Lipinski definition) is 1. The molecule has 1 N–H and O–H groups in total. The second-order valence-corrected chi connectivity index (χ2v) is 8.85. The number of amides is 1. The van der Waals surface area contributed by atoms with Crippen LogP contribution < -0.4 is 9.62 Å². The van der Waals surface area contributed by atoms with E-state index in [0.29, 0.717) is 5.92 Å². The lowest BCUT2D eigenvalue weighted by Gasteiger charge is -2.23. The Kier molecular flexibility index (Phi) is 6.78. The van der Waals surface area contributed by atoms with Crippen molar-refractivity contribution in [2.75, 3.05) is 18.0 Å². The average molecular weight is 389 g/mol. The fourth-order valence-corrected chi connectivity index (χ4v) is 3.98. The van der Waals surface area contributed by atoms with Crippen LogP contribution in [0.5, 0.6) is 0 Å². The molecule has 0 aliphatic carbocycles. The lowest BCUT2D eigenvalue weighted by atomic mass is 10.0. The zero-order valence-corrected chi connectivity index (χ0v) is 17.4. The molecule has 0 aliphatic heterocycles. The number of hydrogen-bond acceptors (Lipinski definition) is 3. The highest BCUT2D eigenvalue weighted by Crippen LogP contribution is 2.21. The number of aryl methyl sites for hydroxylation is 2. The number of carbonyl (C=O) groups excluding carboxylic acids is 1. The molecule has 0 aliphatic rings. The van der Waals surface area contributed by atoms with Crippen LogP contribution in [0.15, 0.2) is 47.4 Å². The summed E-state index contributed by atoms with van der Waals surface area (Å²) in [5, 5.41) is 0. The van der Waals surface area contributed by atoms with Crippen molar-refractivity contribution in [3.8, 4) is 0 Å². The topological polar surface area (TPSA) is 66.5 Å². The van der Waals surface area contributed by atoms with Crippen LogP contribution in [0, 0.1) is 13.8 Å². The van der Waals surface area contributed by atoms with E-state index in [1.807, 2.05) is 44.2 Å². The Morgan fingerprint density at radius 2 is 1.70 bits per heavy atom. The van der Waals surface area contributed by atoms with Crippen molar-refractivity contribution in [2.24, 2.45) is 0 Å². The number of carbonyl (C=O) groups is 1. The smallest absolute Gasteiger partial charge is 0.240 e. The molecule has 0 radical (unpaired) electrons. The summed E-state index contributed by atoms with van der Waals surface area (Å²) in [5.74, 6) is 0.221. The van der Waals surface area contributed by atoms with E-state index in [2.05, 4.69) is 18.6 Å². The van der Waals surface area contributed by atoms with E-state index in [1.54, 1.807) is 17.0 Å². The van der Waals surface area contributed by atoms with Gasteiger partial charge in [0.1, 0.15) is 0 Å². The third kappa shape index (κ3) is 5.40. The molecule has 0 heterocycles. The van der Waals surface area contributed by atoms with Gasteiger partial charge in [0, 0.05) is 25.7 Å². The van der Waals surface area contributed by atoms with Crippen LogP contribution in [0.25, 0.3) is 0 Å². The summed E-state index contributed by atoms with van der Waals surface area (Å²) >= 11 is 0. The predicted octanol–water partition coefficient (Wildman–Crippen LogP) is 3.76. The summed E-state index contributed by atoms with van der Waals surface area (Å²) < 4.78 is 27.6. The third-order valence-corrected chi connectivity index (χ3v) is 5.98. The Morgan fingerprint density at radius 3 is 2.22 bits per heavy atom. The van der Waals surface area contributed by atoms with E-state index in [9.17, 15) is 13.2 Å². The third-order valence-electron chi connectivity index (χ3n) is 4.51. The Labute approximate surface area is 162 Å². The molecular weight excluding hydrogens is 360 g/mol. The van der Waals surface area contributed by atoms with E-state index >= 15 is 0 Å². The quantitative estimate of drug-likeness (QED) is 0.785. The van der Waals surface area contributed by atoms with Crippen LogP contribution in [0.4, 0.5) is 5.69 Å². The lowest BCUT2D eigenvalue weighted by molar-refractivity contribution is -0.116. The molecule has 5 nitrogen and oxygen atoms in total. The fourth-order valence-electron chi connectivity index (χ4n) is 2.96. The lowest BCUT2D eigenvalue weighted by Crippen LogP contribution is -2.37. The molecule has 0 saturated carbocycles. The van der Waals surface area contributed by atoms with Gasteiger partial charge in [0.15, 0.2) is 0 Å². The minimum absolute atomic E-state index is 0.123. The first-order chi connectivity index (χ1) is 12.6. The minimum Gasteiger partial charge on any atom is -0.311 e. The van der Waals surface area contributed by atoms with Crippen LogP contribution in [-0.4, -0.2) is 27.4 Å². The Bertz CT molecular complexity index is 904. The normalized spacial score (nSPS) is 11.6. The van der Waals surface area contributed by atoms with Gasteiger partial charge in [0.05, 0.1) is 4.90 Å². The molecule has 0 saturated heterocycles. The maximum atomic E-state index is 12.5. The van der Waals surface area contributed by atoms with Gasteiger partial charge in [-0.3, -0.25) is 4.79 Å². The summed E-state index contributed by atoms with van der Waals surface area (Å²) in [4.78, 5) is 13.9. The maximum Gasteiger partial charge on any atom is 0.240 e. The van der Waals surface area contributed by atoms with E-state index in [0.717, 1.165) is 22.4 Å². The van der Waals surface area contributed by atoms with E-state index in [4.69, 9.17) is 0 Å². The molecule has 2 rings (SSSR count). The SMILES string of the molecule is CC(=O)N(CCNS(=O)(=O)c1ccc(C(C)C)cc1)c1ccc(C)cc1C. The Balaban J connectivity index is 2.08. The average Bonchev–Trinajstić information content (AvgIpc) is 2.59. The van der Waals surface area contributed by atoms with Gasteiger partial charge in [0.25, 0.3) is 0 Å². The molecule has 6 heteroatoms. The minimum atomic E-state index is -3.61. The van der Waals surface area contributed by atoms with Crippen molar-refractivity contribution in [2.45, 2.75) is 45.4 Å². The predicted molar refractivity (Wildman–Crippen MR) is 110 cm³/mol. The molecule has 0 unspecified atom stereocenters. The molecule has 146 valence electrons. The number of sulfonamides is 1. The van der Waals surface area contributed by atoms with Crippen molar-refractivity contribution in [1.29, 1.82) is 0 Å². The molecular formula is C21H28N2O3S. The highest BCUT2D eigenvalue weighted by atomic mass is 32.2. The van der Waals surface area contributed by atoms with Crippen molar-refractivity contribution >= 4 is 21.6 Å². The van der Waals surface area contributed by atoms with Crippen molar-refractivity contribution in [3.05, 3.63) is 59.2 Å². The molecule has 0 fully saturated rings. The summed E-state index contributed by atoms with van der Waals surface area (Å²) in [5.41, 5.74) is 3.99. The Hall–Kier alpha value is -2.18. The first-order valence-electron chi connectivity index (χ1n) is 9.07. The number of benzene rings is 2. The van der Waals surface area contributed by atoms with E-state index in [-0.39, 0.29) is 23.9 Å². The standard InChI is InChI=1S/C21H28N2O3S/c1-15(2)19-7-9-20(10-8-19)27(25,26)22-12-13-23(18(5)24)21-11-6-16(3)14-17(21)4/h6-11,14-15,22H,12-13H2,1-5H3.